The summed E-state index contributed by atoms with van der Waals surface area (Å²) in [5, 5.41) is 11.0. The van der Waals surface area contributed by atoms with Gasteiger partial charge in [0.2, 0.25) is 0 Å². The minimum absolute atomic E-state index is 0.114. The summed E-state index contributed by atoms with van der Waals surface area (Å²) < 4.78 is 0. The van der Waals surface area contributed by atoms with Gasteiger partial charge in [-0.2, -0.15) is 0 Å². The monoisotopic (exact) mass is 288 g/mol. The maximum atomic E-state index is 10.5. The van der Waals surface area contributed by atoms with Gasteiger partial charge in [0.15, 0.2) is 0 Å². The summed E-state index contributed by atoms with van der Waals surface area (Å²) in [7, 11) is 2.04. The lowest BCUT2D eigenvalue weighted by Gasteiger charge is -2.27. The topological polar surface area (TPSA) is 36.4 Å². The quantitative estimate of drug-likeness (QED) is 0.883. The first-order valence-corrected chi connectivity index (χ1v) is 7.09. The standard InChI is InChI=1S/C16H17ClN2O/c1-19(10-11-6-7-15(17)18-9-11)14-8-12-4-2-3-5-13(12)16(14)20/h2-7,9,14,16,20H,8,10H2,1H3. The Morgan fingerprint density at radius 2 is 2.10 bits per heavy atom. The van der Waals surface area contributed by atoms with E-state index in [2.05, 4.69) is 16.0 Å². The summed E-state index contributed by atoms with van der Waals surface area (Å²) in [4.78, 5) is 6.27. The number of nitrogens with zero attached hydrogens (tertiary/aromatic N) is 2. The minimum atomic E-state index is -0.420. The van der Waals surface area contributed by atoms with Gasteiger partial charge in [0.05, 0.1) is 6.10 Å². The number of pyridine rings is 1. The first-order chi connectivity index (χ1) is 9.65. The second-order valence-electron chi connectivity index (χ2n) is 5.32. The van der Waals surface area contributed by atoms with E-state index >= 15 is 0 Å². The molecule has 0 saturated carbocycles. The van der Waals surface area contributed by atoms with Crippen molar-refractivity contribution in [3.63, 3.8) is 0 Å². The van der Waals surface area contributed by atoms with Crippen molar-refractivity contribution in [3.05, 3.63) is 64.4 Å². The van der Waals surface area contributed by atoms with Gasteiger partial charge in [0.1, 0.15) is 5.15 Å². The molecule has 0 radical (unpaired) electrons. The molecule has 0 amide bonds. The molecule has 1 N–H and O–H groups in total. The van der Waals surface area contributed by atoms with Crippen molar-refractivity contribution >= 4 is 11.6 Å². The van der Waals surface area contributed by atoms with Crippen molar-refractivity contribution in [3.8, 4) is 0 Å². The van der Waals surface area contributed by atoms with E-state index in [1.54, 1.807) is 12.3 Å². The average molecular weight is 289 g/mol. The predicted octanol–water partition coefficient (Wildman–Crippen LogP) is 2.83. The van der Waals surface area contributed by atoms with Gasteiger partial charge < -0.3 is 5.11 Å². The molecule has 3 nitrogen and oxygen atoms in total. The molecule has 2 atom stereocenters. The Balaban J connectivity index is 1.73. The number of benzene rings is 1. The number of fused-ring (bicyclic) bond motifs is 1. The number of likely N-dealkylation sites (N-methyl/N-ethyl adjacent to an activating group) is 1. The van der Waals surface area contributed by atoms with Gasteiger partial charge in [0.25, 0.3) is 0 Å². The number of hydrogen-bond donors (Lipinski definition) is 1. The number of aromatic nitrogens is 1. The first kappa shape index (κ1) is 13.6. The van der Waals surface area contributed by atoms with E-state index in [0.29, 0.717) is 5.15 Å². The van der Waals surface area contributed by atoms with Crippen LogP contribution in [0, 0.1) is 0 Å². The van der Waals surface area contributed by atoms with Gasteiger partial charge in [-0.05, 0) is 36.2 Å². The number of rotatable bonds is 3. The van der Waals surface area contributed by atoms with Crippen molar-refractivity contribution in [1.82, 2.24) is 9.88 Å². The molecule has 4 heteroatoms. The Bertz CT molecular complexity index is 600. The lowest BCUT2D eigenvalue weighted by molar-refractivity contribution is 0.0721. The Morgan fingerprint density at radius 1 is 1.30 bits per heavy atom. The normalized spacial score (nSPS) is 21.2. The third-order valence-electron chi connectivity index (χ3n) is 3.95. The zero-order valence-corrected chi connectivity index (χ0v) is 12.1. The van der Waals surface area contributed by atoms with E-state index in [0.717, 1.165) is 24.1 Å². The third kappa shape index (κ3) is 2.57. The summed E-state index contributed by atoms with van der Waals surface area (Å²) in [5.41, 5.74) is 3.39. The molecule has 0 aliphatic heterocycles. The fourth-order valence-electron chi connectivity index (χ4n) is 2.85. The number of hydrogen-bond acceptors (Lipinski definition) is 3. The largest absolute Gasteiger partial charge is 0.387 e. The molecule has 1 aromatic heterocycles. The molecule has 1 aromatic carbocycles. The molecule has 2 unspecified atom stereocenters. The molecule has 104 valence electrons. The van der Waals surface area contributed by atoms with Crippen LogP contribution in [-0.2, 0) is 13.0 Å². The average Bonchev–Trinajstić information content (AvgIpc) is 2.79. The zero-order chi connectivity index (χ0) is 14.1. The predicted molar refractivity (Wildman–Crippen MR) is 79.6 cm³/mol. The number of aliphatic hydroxyl groups is 1. The van der Waals surface area contributed by atoms with Crippen LogP contribution >= 0.6 is 11.6 Å². The first-order valence-electron chi connectivity index (χ1n) is 6.71. The second kappa shape index (κ2) is 5.52. The fraction of sp³-hybridized carbons (Fsp3) is 0.312. The molecule has 20 heavy (non-hydrogen) atoms. The highest BCUT2D eigenvalue weighted by atomic mass is 35.5. The second-order valence-corrected chi connectivity index (χ2v) is 5.71. The molecule has 1 aliphatic carbocycles. The lowest BCUT2D eigenvalue weighted by Crippen LogP contribution is -2.34. The molecule has 1 heterocycles. The lowest BCUT2D eigenvalue weighted by atomic mass is 10.1. The highest BCUT2D eigenvalue weighted by molar-refractivity contribution is 6.29. The van der Waals surface area contributed by atoms with Crippen molar-refractivity contribution in [2.75, 3.05) is 7.05 Å². The molecule has 2 aromatic rings. The Labute approximate surface area is 123 Å². The van der Waals surface area contributed by atoms with Crippen LogP contribution in [0.3, 0.4) is 0 Å². The van der Waals surface area contributed by atoms with Gasteiger partial charge >= 0.3 is 0 Å². The van der Waals surface area contributed by atoms with Crippen LogP contribution in [-0.4, -0.2) is 28.1 Å². The van der Waals surface area contributed by atoms with E-state index in [1.165, 1.54) is 5.56 Å². The summed E-state index contributed by atoms with van der Waals surface area (Å²) in [6.45, 7) is 0.750. The highest BCUT2D eigenvalue weighted by Gasteiger charge is 2.33. The minimum Gasteiger partial charge on any atom is -0.387 e. The van der Waals surface area contributed by atoms with Crippen LogP contribution in [0.4, 0.5) is 0 Å². The molecule has 0 bridgehead atoms. The van der Waals surface area contributed by atoms with Crippen molar-refractivity contribution in [1.29, 1.82) is 0 Å². The highest BCUT2D eigenvalue weighted by Crippen LogP contribution is 2.34. The molecule has 0 fully saturated rings. The SMILES string of the molecule is CN(Cc1ccc(Cl)nc1)C1Cc2ccccc2C1O. The van der Waals surface area contributed by atoms with E-state index in [9.17, 15) is 5.11 Å². The fourth-order valence-corrected chi connectivity index (χ4v) is 2.97. The summed E-state index contributed by atoms with van der Waals surface area (Å²) >= 11 is 5.79. The number of aliphatic hydroxyl groups excluding tert-OH is 1. The van der Waals surface area contributed by atoms with Crippen molar-refractivity contribution < 1.29 is 5.11 Å². The summed E-state index contributed by atoms with van der Waals surface area (Å²) in [5.74, 6) is 0. The molecular weight excluding hydrogens is 272 g/mol. The van der Waals surface area contributed by atoms with Crippen molar-refractivity contribution in [2.24, 2.45) is 0 Å². The van der Waals surface area contributed by atoms with E-state index in [4.69, 9.17) is 11.6 Å². The molecular formula is C16H17ClN2O. The van der Waals surface area contributed by atoms with Gasteiger partial charge in [0, 0.05) is 18.8 Å². The molecule has 1 aliphatic rings. The zero-order valence-electron chi connectivity index (χ0n) is 11.3. The van der Waals surface area contributed by atoms with Gasteiger partial charge in [-0.3, -0.25) is 4.90 Å². The van der Waals surface area contributed by atoms with Crippen LogP contribution in [0.15, 0.2) is 42.6 Å². The molecule has 0 saturated heterocycles. The maximum absolute atomic E-state index is 10.5. The van der Waals surface area contributed by atoms with Gasteiger partial charge in [-0.15, -0.1) is 0 Å². The summed E-state index contributed by atoms with van der Waals surface area (Å²) in [6, 6.07) is 12.0. The molecule has 3 rings (SSSR count). The van der Waals surface area contributed by atoms with Crippen molar-refractivity contribution in [2.45, 2.75) is 25.1 Å². The van der Waals surface area contributed by atoms with Crippen LogP contribution < -0.4 is 0 Å². The van der Waals surface area contributed by atoms with Crippen LogP contribution in [0.5, 0.6) is 0 Å². The van der Waals surface area contributed by atoms with E-state index in [1.807, 2.05) is 31.3 Å². The van der Waals surface area contributed by atoms with E-state index < -0.39 is 6.10 Å². The van der Waals surface area contributed by atoms with Gasteiger partial charge in [-0.25, -0.2) is 4.98 Å². The third-order valence-corrected chi connectivity index (χ3v) is 4.18. The van der Waals surface area contributed by atoms with Crippen LogP contribution in [0.1, 0.15) is 22.8 Å². The van der Waals surface area contributed by atoms with Crippen LogP contribution in [0.25, 0.3) is 0 Å². The van der Waals surface area contributed by atoms with Gasteiger partial charge in [-0.1, -0.05) is 41.9 Å². The van der Waals surface area contributed by atoms with Crippen LogP contribution in [0.2, 0.25) is 5.15 Å². The Morgan fingerprint density at radius 3 is 2.80 bits per heavy atom. The Kier molecular flexibility index (Phi) is 3.74. The Hall–Kier alpha value is -1.42. The molecule has 0 spiro atoms. The van der Waals surface area contributed by atoms with E-state index in [-0.39, 0.29) is 6.04 Å². The maximum Gasteiger partial charge on any atom is 0.129 e. The summed E-state index contributed by atoms with van der Waals surface area (Å²) in [6.07, 6.45) is 2.25. The number of halogens is 1. The smallest absolute Gasteiger partial charge is 0.129 e.